The van der Waals surface area contributed by atoms with Gasteiger partial charge in [-0.05, 0) is 20.8 Å². The topological polar surface area (TPSA) is 29.9 Å². The molecule has 1 aromatic rings. The molecule has 80 valence electrons. The Balaban J connectivity index is 2.80. The van der Waals surface area contributed by atoms with Crippen molar-refractivity contribution >= 4 is 0 Å². The molecule has 0 aromatic carbocycles. The third kappa shape index (κ3) is 2.35. The molecule has 3 heteroatoms. The van der Waals surface area contributed by atoms with Crippen LogP contribution in [0.2, 0.25) is 0 Å². The molecule has 1 aromatic heterocycles. The lowest BCUT2D eigenvalue weighted by Crippen LogP contribution is -2.24. The Labute approximate surface area is 86.5 Å². The van der Waals surface area contributed by atoms with Crippen molar-refractivity contribution in [1.82, 2.24) is 14.9 Å². The molecule has 0 aliphatic rings. The molecule has 1 rings (SSSR count). The Hall–Kier alpha value is -0.830. The molecule has 0 bridgehead atoms. The number of hydrogen-bond donors (Lipinski definition) is 1. The van der Waals surface area contributed by atoms with Crippen LogP contribution in [0.15, 0.2) is 0 Å². The highest BCUT2D eigenvalue weighted by molar-refractivity contribution is 5.14. The summed E-state index contributed by atoms with van der Waals surface area (Å²) < 4.78 is 2.27. The van der Waals surface area contributed by atoms with Crippen molar-refractivity contribution in [1.29, 1.82) is 0 Å². The fourth-order valence-corrected chi connectivity index (χ4v) is 1.57. The quantitative estimate of drug-likeness (QED) is 0.796. The number of aromatic nitrogens is 2. The monoisotopic (exact) mass is 195 g/mol. The molecule has 0 unspecified atom stereocenters. The van der Waals surface area contributed by atoms with Gasteiger partial charge in [0.15, 0.2) is 0 Å². The highest BCUT2D eigenvalue weighted by atomic mass is 15.1. The summed E-state index contributed by atoms with van der Waals surface area (Å²) in [4.78, 5) is 4.55. The van der Waals surface area contributed by atoms with Crippen molar-refractivity contribution in [3.63, 3.8) is 0 Å². The molecule has 1 heterocycles. The third-order valence-electron chi connectivity index (χ3n) is 2.52. The van der Waals surface area contributed by atoms with Gasteiger partial charge < -0.3 is 9.88 Å². The smallest absolute Gasteiger partial charge is 0.123 e. The second kappa shape index (κ2) is 4.60. The SMILES string of the molecule is CCn1c(CNC(C)C)nc(C)c1C. The molecular weight excluding hydrogens is 174 g/mol. The number of hydrogen-bond acceptors (Lipinski definition) is 2. The molecule has 0 atom stereocenters. The Morgan fingerprint density at radius 3 is 2.50 bits per heavy atom. The first kappa shape index (κ1) is 11.2. The van der Waals surface area contributed by atoms with Crippen LogP contribution in [0.1, 0.15) is 38.0 Å². The van der Waals surface area contributed by atoms with Gasteiger partial charge in [-0.3, -0.25) is 0 Å². The zero-order chi connectivity index (χ0) is 10.7. The summed E-state index contributed by atoms with van der Waals surface area (Å²) in [6.45, 7) is 12.5. The fraction of sp³-hybridized carbons (Fsp3) is 0.727. The second-order valence-electron chi connectivity index (χ2n) is 3.98. The van der Waals surface area contributed by atoms with Gasteiger partial charge in [0.05, 0.1) is 12.2 Å². The summed E-state index contributed by atoms with van der Waals surface area (Å²) in [6, 6.07) is 0.512. The summed E-state index contributed by atoms with van der Waals surface area (Å²) in [5.41, 5.74) is 2.43. The van der Waals surface area contributed by atoms with Crippen molar-refractivity contribution < 1.29 is 0 Å². The van der Waals surface area contributed by atoms with Crippen LogP contribution in [-0.4, -0.2) is 15.6 Å². The normalized spacial score (nSPS) is 11.3. The first-order valence-corrected chi connectivity index (χ1v) is 5.32. The minimum Gasteiger partial charge on any atom is -0.331 e. The lowest BCUT2D eigenvalue weighted by atomic mass is 10.4. The molecule has 14 heavy (non-hydrogen) atoms. The molecule has 0 spiro atoms. The Bertz CT molecular complexity index is 300. The molecule has 3 nitrogen and oxygen atoms in total. The zero-order valence-electron chi connectivity index (χ0n) is 9.89. The van der Waals surface area contributed by atoms with Crippen molar-refractivity contribution in [3.8, 4) is 0 Å². The molecule has 0 aliphatic carbocycles. The summed E-state index contributed by atoms with van der Waals surface area (Å²) in [5, 5.41) is 3.39. The van der Waals surface area contributed by atoms with Gasteiger partial charge in [0.2, 0.25) is 0 Å². The largest absolute Gasteiger partial charge is 0.331 e. The van der Waals surface area contributed by atoms with Gasteiger partial charge in [0.1, 0.15) is 5.82 Å². The van der Waals surface area contributed by atoms with Crippen LogP contribution >= 0.6 is 0 Å². The minimum atomic E-state index is 0.512. The Kier molecular flexibility index (Phi) is 3.69. The Morgan fingerprint density at radius 2 is 2.00 bits per heavy atom. The van der Waals surface area contributed by atoms with Gasteiger partial charge >= 0.3 is 0 Å². The molecule has 0 fully saturated rings. The average Bonchev–Trinajstić information content (AvgIpc) is 2.39. The van der Waals surface area contributed by atoms with E-state index in [0.717, 1.165) is 24.6 Å². The van der Waals surface area contributed by atoms with Crippen LogP contribution in [0.5, 0.6) is 0 Å². The number of rotatable bonds is 4. The summed E-state index contributed by atoms with van der Waals surface area (Å²) in [7, 11) is 0. The van der Waals surface area contributed by atoms with Crippen LogP contribution < -0.4 is 5.32 Å². The van der Waals surface area contributed by atoms with E-state index in [1.54, 1.807) is 0 Å². The molecular formula is C11H21N3. The minimum absolute atomic E-state index is 0.512. The van der Waals surface area contributed by atoms with Crippen LogP contribution in [0.25, 0.3) is 0 Å². The molecule has 0 radical (unpaired) electrons. The van der Waals surface area contributed by atoms with E-state index in [-0.39, 0.29) is 0 Å². The highest BCUT2D eigenvalue weighted by Crippen LogP contribution is 2.09. The van der Waals surface area contributed by atoms with E-state index in [9.17, 15) is 0 Å². The predicted octanol–water partition coefficient (Wildman–Crippen LogP) is 2.02. The molecule has 0 saturated carbocycles. The summed E-state index contributed by atoms with van der Waals surface area (Å²) in [6.07, 6.45) is 0. The van der Waals surface area contributed by atoms with Gasteiger partial charge in [0.25, 0.3) is 0 Å². The van der Waals surface area contributed by atoms with Crippen molar-refractivity contribution in [2.75, 3.05) is 0 Å². The maximum atomic E-state index is 4.55. The number of nitrogens with one attached hydrogen (secondary N) is 1. The zero-order valence-corrected chi connectivity index (χ0v) is 9.89. The Morgan fingerprint density at radius 1 is 1.36 bits per heavy atom. The van der Waals surface area contributed by atoms with E-state index < -0.39 is 0 Å². The maximum Gasteiger partial charge on any atom is 0.123 e. The summed E-state index contributed by atoms with van der Waals surface area (Å²) >= 11 is 0. The van der Waals surface area contributed by atoms with E-state index in [0.29, 0.717) is 6.04 Å². The molecule has 0 saturated heterocycles. The van der Waals surface area contributed by atoms with E-state index in [1.807, 2.05) is 0 Å². The molecule has 0 amide bonds. The lowest BCUT2D eigenvalue weighted by Gasteiger charge is -2.10. The first-order chi connectivity index (χ1) is 6.56. The third-order valence-corrected chi connectivity index (χ3v) is 2.52. The van der Waals surface area contributed by atoms with Crippen LogP contribution in [0, 0.1) is 13.8 Å². The molecule has 0 aliphatic heterocycles. The second-order valence-corrected chi connectivity index (χ2v) is 3.98. The maximum absolute atomic E-state index is 4.55. The van der Waals surface area contributed by atoms with E-state index in [2.05, 4.69) is 49.5 Å². The van der Waals surface area contributed by atoms with Crippen molar-refractivity contribution in [2.45, 2.75) is 53.8 Å². The van der Waals surface area contributed by atoms with Gasteiger partial charge in [0, 0.05) is 18.3 Å². The molecule has 1 N–H and O–H groups in total. The number of imidazole rings is 1. The highest BCUT2D eigenvalue weighted by Gasteiger charge is 2.08. The van der Waals surface area contributed by atoms with Gasteiger partial charge in [-0.2, -0.15) is 0 Å². The van der Waals surface area contributed by atoms with Crippen LogP contribution in [0.4, 0.5) is 0 Å². The van der Waals surface area contributed by atoms with E-state index in [1.165, 1.54) is 5.69 Å². The van der Waals surface area contributed by atoms with Gasteiger partial charge in [-0.25, -0.2) is 4.98 Å². The predicted molar refractivity (Wildman–Crippen MR) is 59.4 cm³/mol. The first-order valence-electron chi connectivity index (χ1n) is 5.32. The van der Waals surface area contributed by atoms with Crippen LogP contribution in [0.3, 0.4) is 0 Å². The number of aryl methyl sites for hydroxylation is 1. The lowest BCUT2D eigenvalue weighted by molar-refractivity contribution is 0.548. The summed E-state index contributed by atoms with van der Waals surface area (Å²) in [5.74, 6) is 1.15. The van der Waals surface area contributed by atoms with E-state index in [4.69, 9.17) is 0 Å². The van der Waals surface area contributed by atoms with Gasteiger partial charge in [-0.15, -0.1) is 0 Å². The van der Waals surface area contributed by atoms with Crippen LogP contribution in [-0.2, 0) is 13.1 Å². The number of nitrogens with zero attached hydrogens (tertiary/aromatic N) is 2. The van der Waals surface area contributed by atoms with Crippen molar-refractivity contribution in [2.24, 2.45) is 0 Å². The fourth-order valence-electron chi connectivity index (χ4n) is 1.57. The van der Waals surface area contributed by atoms with Crippen molar-refractivity contribution in [3.05, 3.63) is 17.2 Å². The standard InChI is InChI=1S/C11H21N3/c1-6-14-10(5)9(4)13-11(14)7-12-8(2)3/h8,12H,6-7H2,1-5H3. The average molecular weight is 195 g/mol. The van der Waals surface area contributed by atoms with Gasteiger partial charge in [-0.1, -0.05) is 13.8 Å². The van der Waals surface area contributed by atoms with E-state index >= 15 is 0 Å².